The number of rotatable bonds is 18. The molecule has 0 aromatic heterocycles. The number of hydrogen-bond acceptors (Lipinski definition) is 27. The van der Waals surface area contributed by atoms with E-state index in [1.807, 2.05) is 26.8 Å². The largest absolute Gasteiger partial charge is 0.460 e. The number of aliphatic hydroxyl groups is 10. The normalized spacial score (nSPS) is 48.9. The third-order valence-electron chi connectivity index (χ3n) is 21.0. The highest BCUT2D eigenvalue weighted by atomic mass is 32.3. The van der Waals surface area contributed by atoms with Gasteiger partial charge in [0.2, 0.25) is 0 Å². The lowest BCUT2D eigenvalue weighted by atomic mass is 9.40. The second-order valence-electron chi connectivity index (χ2n) is 26.7. The number of aliphatic hydroxyl groups excluding tert-OH is 10. The zero-order chi connectivity index (χ0) is 62.6. The van der Waals surface area contributed by atoms with E-state index in [4.69, 9.17) is 56.3 Å². The Morgan fingerprint density at radius 1 is 0.706 bits per heavy atom. The highest BCUT2D eigenvalue weighted by Crippen LogP contribution is 2.76. The molecule has 28 nitrogen and oxygen atoms in total. The molecule has 9 rings (SSSR count). The van der Waals surface area contributed by atoms with Crippen LogP contribution in [0.25, 0.3) is 0 Å². The Labute approximate surface area is 493 Å². The van der Waals surface area contributed by atoms with Gasteiger partial charge in [-0.05, 0) is 101 Å². The summed E-state index contributed by atoms with van der Waals surface area (Å²) in [7, 11) is -4.03. The molecule has 5 saturated heterocycles. The Bertz CT molecular complexity index is 2590. The zero-order valence-electron chi connectivity index (χ0n) is 49.5. The van der Waals surface area contributed by atoms with Gasteiger partial charge in [0, 0.05) is 26.4 Å². The Kier molecular flexibility index (Phi) is 19.1. The summed E-state index contributed by atoms with van der Waals surface area (Å²) in [5, 5.41) is 112. The van der Waals surface area contributed by atoms with E-state index in [2.05, 4.69) is 6.92 Å². The van der Waals surface area contributed by atoms with Crippen LogP contribution >= 0.6 is 0 Å². The van der Waals surface area contributed by atoms with Crippen LogP contribution < -0.4 is 0 Å². The fraction of sp³-hybridized carbons (Fsp3) is 0.911. The van der Waals surface area contributed by atoms with E-state index in [-0.39, 0.29) is 30.5 Å². The standard InChI is InChI=1S/C56H88O28S/c1-23-42(79-48-41(68)44(36(63)28(21-58)77-48)80-47-40(67)43(73-10)35(62)27(20-57)76-47)38(65)39(66)46(75-23)81-45-37(64)29(84-85(70,71)72)22-74-49(45)78-34-15-17-53(7)26-19-33(61)56-31(13-18-54(56,8)25(26)11-12-30(53)52(34,5)6)55(9,83-50(56)69)32(60)14-16-51(3,4)82-24(2)59/h19,23,25,27-31,33-49,57-58,61-68H,11-18,20-22H2,1-10H3,(H,70,71,72)/t23-,25-,27-,28-,29-,30+,31-,33+,34+,35-,36-,37+,38-,39-,40-,41-,42-,43+,44+,45-,46+,47+,48+,49+,53-,54+,55-,56-/m1/s1. The highest BCUT2D eigenvalue weighted by Gasteiger charge is 2.80. The molecule has 0 unspecified atom stereocenters. The summed E-state index contributed by atoms with van der Waals surface area (Å²) in [5.41, 5.74) is -4.99. The minimum Gasteiger partial charge on any atom is -0.460 e. The molecule has 11 N–H and O–H groups in total. The molecule has 0 aromatic carbocycles. The summed E-state index contributed by atoms with van der Waals surface area (Å²) < 4.78 is 103. The summed E-state index contributed by atoms with van der Waals surface area (Å²) in [6, 6.07) is 0. The van der Waals surface area contributed by atoms with Crippen LogP contribution in [0.2, 0.25) is 0 Å². The zero-order valence-corrected chi connectivity index (χ0v) is 50.3. The number of carbonyl (C=O) groups is 3. The first kappa shape index (κ1) is 66.9. The van der Waals surface area contributed by atoms with Crippen molar-refractivity contribution >= 4 is 28.1 Å². The van der Waals surface area contributed by atoms with Gasteiger partial charge in [-0.2, -0.15) is 8.42 Å². The highest BCUT2D eigenvalue weighted by molar-refractivity contribution is 7.80. The molecule has 5 aliphatic heterocycles. The number of esters is 2. The van der Waals surface area contributed by atoms with Crippen LogP contribution in [0.3, 0.4) is 0 Å². The number of ether oxygens (including phenoxy) is 11. The smallest absolute Gasteiger partial charge is 0.397 e. The molecule has 8 fully saturated rings. The Morgan fingerprint density at radius 2 is 1.29 bits per heavy atom. The lowest BCUT2D eigenvalue weighted by Gasteiger charge is -2.64. The molecule has 28 atom stereocenters. The van der Waals surface area contributed by atoms with Gasteiger partial charge < -0.3 is 103 Å². The van der Waals surface area contributed by atoms with E-state index >= 15 is 0 Å². The average Bonchev–Trinajstić information content (AvgIpc) is 1.56. The van der Waals surface area contributed by atoms with E-state index in [0.29, 0.717) is 38.5 Å². The number of carbonyl (C=O) groups excluding carboxylic acids is 3. The Morgan fingerprint density at radius 3 is 1.89 bits per heavy atom. The molecule has 3 saturated carbocycles. The molecular formula is C56H88O28S. The van der Waals surface area contributed by atoms with Crippen molar-refractivity contribution in [2.75, 3.05) is 26.9 Å². The number of hydrogen-bond donors (Lipinski definition) is 11. The van der Waals surface area contributed by atoms with Crippen LogP contribution in [0.1, 0.15) is 114 Å². The van der Waals surface area contributed by atoms with Crippen molar-refractivity contribution in [1.82, 2.24) is 0 Å². The fourth-order valence-corrected chi connectivity index (χ4v) is 17.1. The number of fused-ring (bicyclic) bond motifs is 4. The monoisotopic (exact) mass is 1240 g/mol. The predicted octanol–water partition coefficient (Wildman–Crippen LogP) is -1.65. The molecule has 5 heterocycles. The minimum atomic E-state index is -5.21. The molecule has 9 aliphatic rings. The van der Waals surface area contributed by atoms with Crippen molar-refractivity contribution in [3.05, 3.63) is 11.6 Å². The van der Waals surface area contributed by atoms with Crippen LogP contribution in [0.4, 0.5) is 0 Å². The molecule has 0 aromatic rings. The van der Waals surface area contributed by atoms with Crippen LogP contribution in [-0.4, -0.2) is 249 Å². The number of methoxy groups -OCH3 is 1. The molecule has 4 aliphatic carbocycles. The van der Waals surface area contributed by atoms with E-state index < -0.39 is 210 Å². The summed E-state index contributed by atoms with van der Waals surface area (Å²) in [6.07, 6.45) is -29.4. The first-order chi connectivity index (χ1) is 39.6. The van der Waals surface area contributed by atoms with Gasteiger partial charge in [0.1, 0.15) is 96.5 Å². The minimum absolute atomic E-state index is 0.0219. The quantitative estimate of drug-likeness (QED) is 0.0317. The summed E-state index contributed by atoms with van der Waals surface area (Å²) in [6.45, 7) is 13.7. The van der Waals surface area contributed by atoms with Crippen LogP contribution in [0, 0.1) is 39.4 Å². The lowest BCUT2D eigenvalue weighted by molar-refractivity contribution is -0.389. The van der Waals surface area contributed by atoms with Crippen molar-refractivity contribution in [3.8, 4) is 0 Å². The maximum Gasteiger partial charge on any atom is 0.397 e. The molecule has 1 spiro atoms. The van der Waals surface area contributed by atoms with Gasteiger partial charge in [-0.3, -0.25) is 18.9 Å². The summed E-state index contributed by atoms with van der Waals surface area (Å²) in [5.74, 6) is -2.36. The van der Waals surface area contributed by atoms with Gasteiger partial charge in [-0.25, -0.2) is 4.18 Å². The van der Waals surface area contributed by atoms with Crippen LogP contribution in [0.5, 0.6) is 0 Å². The second-order valence-corrected chi connectivity index (χ2v) is 27.7. The molecule has 29 heteroatoms. The summed E-state index contributed by atoms with van der Waals surface area (Å²) in [4.78, 5) is 40.6. The molecule has 0 amide bonds. The predicted molar refractivity (Wildman–Crippen MR) is 284 cm³/mol. The topological polar surface area (TPSA) is 419 Å². The van der Waals surface area contributed by atoms with Gasteiger partial charge in [0.25, 0.3) is 0 Å². The van der Waals surface area contributed by atoms with Gasteiger partial charge in [0.15, 0.2) is 36.5 Å². The molecule has 85 heavy (non-hydrogen) atoms. The Balaban J connectivity index is 0.904. The van der Waals surface area contributed by atoms with Crippen molar-refractivity contribution in [2.24, 2.45) is 39.4 Å². The van der Waals surface area contributed by atoms with Crippen molar-refractivity contribution in [1.29, 1.82) is 0 Å². The Hall–Kier alpha value is -2.54. The molecule has 486 valence electrons. The number of ketones is 1. The first-order valence-corrected chi connectivity index (χ1v) is 30.7. The van der Waals surface area contributed by atoms with E-state index in [0.717, 1.165) is 5.57 Å². The van der Waals surface area contributed by atoms with Crippen molar-refractivity contribution in [3.63, 3.8) is 0 Å². The third-order valence-corrected chi connectivity index (χ3v) is 21.5. The van der Waals surface area contributed by atoms with Crippen LogP contribution in [-0.2, 0) is 81.1 Å². The fourth-order valence-electron chi connectivity index (χ4n) is 16.6. The maximum atomic E-state index is 14.6. The van der Waals surface area contributed by atoms with Gasteiger partial charge in [-0.15, -0.1) is 0 Å². The van der Waals surface area contributed by atoms with Crippen LogP contribution in [0.15, 0.2) is 11.6 Å². The van der Waals surface area contributed by atoms with E-state index in [9.17, 15) is 78.4 Å². The number of cyclic esters (lactones) is 1. The van der Waals surface area contributed by atoms with Gasteiger partial charge in [0.05, 0.1) is 38.1 Å². The number of allylic oxidation sites excluding steroid dienone is 1. The average molecular weight is 1240 g/mol. The van der Waals surface area contributed by atoms with Gasteiger partial charge in [-0.1, -0.05) is 39.3 Å². The second kappa shape index (κ2) is 24.3. The maximum absolute atomic E-state index is 14.6. The third kappa shape index (κ3) is 11.5. The molecule has 0 bridgehead atoms. The molecule has 0 radical (unpaired) electrons. The van der Waals surface area contributed by atoms with E-state index in [1.165, 1.54) is 21.0 Å². The summed E-state index contributed by atoms with van der Waals surface area (Å²) >= 11 is 0. The van der Waals surface area contributed by atoms with Crippen molar-refractivity contribution < 1.29 is 135 Å². The van der Waals surface area contributed by atoms with Crippen molar-refractivity contribution in [2.45, 2.75) is 254 Å². The van der Waals surface area contributed by atoms with E-state index in [1.54, 1.807) is 20.8 Å². The first-order valence-electron chi connectivity index (χ1n) is 29.3. The number of Topliss-reactive ketones (excluding diaryl/α,β-unsaturated/α-hetero) is 1. The lowest BCUT2D eigenvalue weighted by Crippen LogP contribution is -2.67. The SMILES string of the molecule is CO[C@@H]1[C@@H](O)[C@H](O[C@@H]2[C@@H](O)[C@H](O[C@H]3[C@H](O)[C@@H](O)[C@H](O[C@H]4[C@H](O[C@H]5CC[C@]6(C)C7=C[C@H](O)[C@@]89C(=O)O[C@@](C)(C(=O)CCC(C)(C)OC(C)=O)[C@H]8CC[C@@]9(C)[C@@H]7CC[C@H]6C5(C)C)OC[C@@H](OS(=O)(=O)O)[C@@H]4O)O[C@@H]3C)O[C@H](CO)[C@H]2O)O[C@H](CO)[C@H]1O. The van der Waals surface area contributed by atoms with Gasteiger partial charge >= 0.3 is 22.3 Å². The molecular weight excluding hydrogens is 1150 g/mol.